The molecule has 4 heteroatoms. The Bertz CT molecular complexity index is 623. The summed E-state index contributed by atoms with van der Waals surface area (Å²) in [5.74, 6) is 0.384. The van der Waals surface area contributed by atoms with Crippen molar-refractivity contribution in [3.05, 3.63) is 35.9 Å². The number of rotatable bonds is 5. The van der Waals surface area contributed by atoms with Crippen molar-refractivity contribution >= 4 is 22.7 Å². The fourth-order valence-electron chi connectivity index (χ4n) is 2.35. The van der Waals surface area contributed by atoms with E-state index in [4.69, 9.17) is 5.11 Å². The van der Waals surface area contributed by atoms with Crippen molar-refractivity contribution in [1.29, 1.82) is 0 Å². The van der Waals surface area contributed by atoms with E-state index < -0.39 is 5.97 Å². The Morgan fingerprint density at radius 2 is 2.05 bits per heavy atom. The Balaban J connectivity index is 2.37. The second-order valence-electron chi connectivity index (χ2n) is 5.28. The summed E-state index contributed by atoms with van der Waals surface area (Å²) in [7, 11) is 0. The van der Waals surface area contributed by atoms with Crippen LogP contribution < -0.4 is 5.32 Å². The molecule has 2 aromatic rings. The number of aromatic carboxylic acids is 1. The number of anilines is 1. The number of pyridine rings is 1. The third-order valence-corrected chi connectivity index (χ3v) is 3.54. The third kappa shape index (κ3) is 2.90. The van der Waals surface area contributed by atoms with Gasteiger partial charge in [0.15, 0.2) is 0 Å². The zero-order valence-electron chi connectivity index (χ0n) is 12.1. The van der Waals surface area contributed by atoms with Crippen LogP contribution in [0.5, 0.6) is 0 Å². The summed E-state index contributed by atoms with van der Waals surface area (Å²) >= 11 is 0. The van der Waals surface area contributed by atoms with Gasteiger partial charge in [-0.3, -0.25) is 0 Å². The van der Waals surface area contributed by atoms with E-state index >= 15 is 0 Å². The molecule has 1 heterocycles. The quantitative estimate of drug-likeness (QED) is 0.869. The lowest BCUT2D eigenvalue weighted by molar-refractivity contribution is 0.0699. The van der Waals surface area contributed by atoms with Crippen LogP contribution in [0, 0.1) is 5.92 Å². The molecule has 0 amide bonds. The molecule has 20 heavy (non-hydrogen) atoms. The Kier molecular flexibility index (Phi) is 4.23. The highest BCUT2D eigenvalue weighted by atomic mass is 16.4. The van der Waals surface area contributed by atoms with Gasteiger partial charge in [0.25, 0.3) is 0 Å². The zero-order valence-corrected chi connectivity index (χ0v) is 12.1. The number of aromatic nitrogens is 1. The highest BCUT2D eigenvalue weighted by molar-refractivity contribution is 6.02. The van der Waals surface area contributed by atoms with Gasteiger partial charge in [0.2, 0.25) is 0 Å². The number of hydrogen-bond acceptors (Lipinski definition) is 3. The molecule has 0 saturated carbocycles. The minimum atomic E-state index is -0.924. The Hall–Kier alpha value is -2.10. The van der Waals surface area contributed by atoms with Gasteiger partial charge in [-0.25, -0.2) is 9.78 Å². The molecule has 2 rings (SSSR count). The molecule has 0 aliphatic heterocycles. The summed E-state index contributed by atoms with van der Waals surface area (Å²) in [6.07, 6.45) is 1.02. The number of nitrogens with one attached hydrogen (secondary N) is 1. The number of benzene rings is 1. The summed E-state index contributed by atoms with van der Waals surface area (Å²) in [4.78, 5) is 15.7. The molecular formula is C16H20N2O2. The average molecular weight is 272 g/mol. The van der Waals surface area contributed by atoms with Crippen LogP contribution in [0.3, 0.4) is 0 Å². The maximum Gasteiger partial charge on any atom is 0.336 e. The Morgan fingerprint density at radius 1 is 1.30 bits per heavy atom. The normalized spacial score (nSPS) is 12.6. The lowest BCUT2D eigenvalue weighted by Crippen LogP contribution is -2.25. The summed E-state index contributed by atoms with van der Waals surface area (Å²) in [5.41, 5.74) is 0.992. The highest BCUT2D eigenvalue weighted by Gasteiger charge is 2.13. The first-order valence-corrected chi connectivity index (χ1v) is 6.92. The summed E-state index contributed by atoms with van der Waals surface area (Å²) in [5, 5.41) is 13.2. The molecule has 0 bridgehead atoms. The fraction of sp³-hybridized carbons (Fsp3) is 0.375. The average Bonchev–Trinajstić information content (AvgIpc) is 2.43. The van der Waals surface area contributed by atoms with Crippen LogP contribution in [0.4, 0.5) is 5.82 Å². The maximum atomic E-state index is 11.2. The first-order chi connectivity index (χ1) is 9.52. The van der Waals surface area contributed by atoms with E-state index in [-0.39, 0.29) is 5.56 Å². The number of hydrogen-bond donors (Lipinski definition) is 2. The van der Waals surface area contributed by atoms with Gasteiger partial charge in [-0.15, -0.1) is 0 Å². The van der Waals surface area contributed by atoms with Crippen molar-refractivity contribution in [2.24, 2.45) is 5.92 Å². The second-order valence-corrected chi connectivity index (χ2v) is 5.28. The van der Waals surface area contributed by atoms with Gasteiger partial charge in [-0.2, -0.15) is 0 Å². The first kappa shape index (κ1) is 14.3. The molecule has 1 atom stereocenters. The first-order valence-electron chi connectivity index (χ1n) is 6.92. The number of fused-ring (bicyclic) bond motifs is 1. The minimum Gasteiger partial charge on any atom is -0.478 e. The lowest BCUT2D eigenvalue weighted by Gasteiger charge is -2.21. The molecule has 0 aliphatic carbocycles. The van der Waals surface area contributed by atoms with Gasteiger partial charge in [-0.1, -0.05) is 26.8 Å². The van der Waals surface area contributed by atoms with Crippen molar-refractivity contribution < 1.29 is 9.90 Å². The van der Waals surface area contributed by atoms with Crippen molar-refractivity contribution in [2.45, 2.75) is 33.2 Å². The molecule has 1 aromatic heterocycles. The minimum absolute atomic E-state index is 0.289. The van der Waals surface area contributed by atoms with Crippen LogP contribution in [-0.2, 0) is 0 Å². The summed E-state index contributed by atoms with van der Waals surface area (Å²) < 4.78 is 0. The predicted octanol–water partition coefficient (Wildman–Crippen LogP) is 3.78. The summed E-state index contributed by atoms with van der Waals surface area (Å²) in [6.45, 7) is 6.48. The smallest absolute Gasteiger partial charge is 0.336 e. The van der Waals surface area contributed by atoms with Gasteiger partial charge in [0, 0.05) is 11.4 Å². The molecule has 0 spiro atoms. The highest BCUT2D eigenvalue weighted by Crippen LogP contribution is 2.21. The maximum absolute atomic E-state index is 11.2. The van der Waals surface area contributed by atoms with Crippen LogP contribution in [-0.4, -0.2) is 22.1 Å². The predicted molar refractivity (Wildman–Crippen MR) is 81.2 cm³/mol. The summed E-state index contributed by atoms with van der Waals surface area (Å²) in [6, 6.07) is 9.19. The number of nitrogens with zero attached hydrogens (tertiary/aromatic N) is 1. The molecule has 0 radical (unpaired) electrons. The van der Waals surface area contributed by atoms with E-state index in [1.165, 1.54) is 0 Å². The Morgan fingerprint density at radius 3 is 2.65 bits per heavy atom. The van der Waals surface area contributed by atoms with Gasteiger partial charge in [-0.05, 0) is 36.6 Å². The Labute approximate surface area is 118 Å². The van der Waals surface area contributed by atoms with Crippen LogP contribution in [0.15, 0.2) is 30.3 Å². The van der Waals surface area contributed by atoms with Gasteiger partial charge in [0.05, 0.1) is 11.1 Å². The lowest BCUT2D eigenvalue weighted by atomic mass is 10.0. The van der Waals surface area contributed by atoms with E-state index in [9.17, 15) is 4.79 Å². The zero-order chi connectivity index (χ0) is 14.7. The monoisotopic (exact) mass is 272 g/mol. The van der Waals surface area contributed by atoms with Crippen LogP contribution in [0.2, 0.25) is 0 Å². The number of carboxylic acid groups (broad SMARTS) is 1. The largest absolute Gasteiger partial charge is 0.478 e. The van der Waals surface area contributed by atoms with E-state index in [0.717, 1.165) is 12.2 Å². The molecule has 0 fully saturated rings. The molecule has 0 saturated heterocycles. The fourth-order valence-corrected chi connectivity index (χ4v) is 2.35. The third-order valence-electron chi connectivity index (χ3n) is 3.54. The van der Waals surface area contributed by atoms with Gasteiger partial charge in [0.1, 0.15) is 5.82 Å². The second kappa shape index (κ2) is 5.90. The van der Waals surface area contributed by atoms with Crippen molar-refractivity contribution in [1.82, 2.24) is 4.98 Å². The van der Waals surface area contributed by atoms with E-state index in [0.29, 0.717) is 22.9 Å². The molecule has 1 unspecified atom stereocenters. The molecule has 0 aliphatic rings. The molecule has 106 valence electrons. The van der Waals surface area contributed by atoms with Crippen LogP contribution in [0.25, 0.3) is 10.9 Å². The van der Waals surface area contributed by atoms with Gasteiger partial charge < -0.3 is 10.4 Å². The SMILES string of the molecule is CCC(Nc1ccc2c(C(=O)O)cccc2n1)C(C)C. The molecule has 4 nitrogen and oxygen atoms in total. The molecular weight excluding hydrogens is 252 g/mol. The van der Waals surface area contributed by atoms with Crippen LogP contribution >= 0.6 is 0 Å². The van der Waals surface area contributed by atoms with Crippen molar-refractivity contribution in [3.63, 3.8) is 0 Å². The van der Waals surface area contributed by atoms with E-state index in [2.05, 4.69) is 31.1 Å². The van der Waals surface area contributed by atoms with E-state index in [1.807, 2.05) is 18.2 Å². The van der Waals surface area contributed by atoms with Crippen molar-refractivity contribution in [2.75, 3.05) is 5.32 Å². The molecule has 2 N–H and O–H groups in total. The topological polar surface area (TPSA) is 62.2 Å². The number of carboxylic acids is 1. The van der Waals surface area contributed by atoms with Crippen molar-refractivity contribution in [3.8, 4) is 0 Å². The van der Waals surface area contributed by atoms with Crippen LogP contribution in [0.1, 0.15) is 37.6 Å². The molecule has 1 aromatic carbocycles. The standard InChI is InChI=1S/C16H20N2O2/c1-4-13(10(2)3)17-15-9-8-11-12(16(19)20)6-5-7-14(11)18-15/h5-10,13H,4H2,1-3H3,(H,17,18)(H,19,20). The number of carbonyl (C=O) groups is 1. The van der Waals surface area contributed by atoms with E-state index in [1.54, 1.807) is 12.1 Å². The van der Waals surface area contributed by atoms with Gasteiger partial charge >= 0.3 is 5.97 Å².